The second kappa shape index (κ2) is 13.8. The number of benzene rings is 1. The average Bonchev–Trinajstić information content (AvgIpc) is 2.71. The van der Waals surface area contributed by atoms with Crippen LogP contribution in [0.5, 0.6) is 0 Å². The first-order chi connectivity index (χ1) is 15.8. The number of nitrogens with one attached hydrogen (secondary N) is 2. The topological polar surface area (TPSA) is 154 Å². The Kier molecular flexibility index (Phi) is 12.2. The molecule has 11 nitrogen and oxygen atoms in total. The van der Waals surface area contributed by atoms with Gasteiger partial charge in [-0.25, -0.2) is 0 Å². The van der Waals surface area contributed by atoms with Gasteiger partial charge in [0.05, 0.1) is 30.0 Å². The molecule has 0 atom stereocenters. The number of anilines is 1. The summed E-state index contributed by atoms with van der Waals surface area (Å²) in [6, 6.07) is -0.896. The highest BCUT2D eigenvalue weighted by atomic mass is 127. The SMILES string of the molecule is CC(=O)OCC(=O)Nc1c(I)c(C(=O)Cl)c(C)c(C(=O)NC(COC(C)=O)COC(C)=O)c1I. The number of esters is 3. The molecule has 0 unspecified atom stereocenters. The Bertz CT molecular complexity index is 1010. The third-order valence-electron chi connectivity index (χ3n) is 4.03. The van der Waals surface area contributed by atoms with Crippen LogP contribution in [0.1, 0.15) is 47.1 Å². The molecule has 0 aliphatic rings. The van der Waals surface area contributed by atoms with E-state index in [4.69, 9.17) is 21.1 Å². The Morgan fingerprint density at radius 1 is 0.853 bits per heavy atom. The van der Waals surface area contributed by atoms with Gasteiger partial charge in [-0.3, -0.25) is 28.8 Å². The highest BCUT2D eigenvalue weighted by Gasteiger charge is 2.28. The summed E-state index contributed by atoms with van der Waals surface area (Å²) in [7, 11) is 0. The van der Waals surface area contributed by atoms with E-state index in [0.717, 1.165) is 6.92 Å². The van der Waals surface area contributed by atoms with E-state index in [2.05, 4.69) is 15.4 Å². The Labute approximate surface area is 227 Å². The number of carbonyl (C=O) groups excluding carboxylic acids is 6. The van der Waals surface area contributed by atoms with Gasteiger partial charge in [-0.05, 0) is 69.3 Å². The van der Waals surface area contributed by atoms with Crippen molar-refractivity contribution >= 4 is 97.4 Å². The zero-order chi connectivity index (χ0) is 26.2. The minimum absolute atomic E-state index is 0.00728. The average molecular weight is 723 g/mol. The van der Waals surface area contributed by atoms with Crippen molar-refractivity contribution < 1.29 is 43.0 Å². The van der Waals surface area contributed by atoms with Crippen LogP contribution >= 0.6 is 56.8 Å². The molecular formula is C20H21ClI2N2O9. The van der Waals surface area contributed by atoms with E-state index < -0.39 is 47.6 Å². The molecule has 0 aliphatic carbocycles. The van der Waals surface area contributed by atoms with Crippen molar-refractivity contribution in [3.8, 4) is 0 Å². The monoisotopic (exact) mass is 722 g/mol. The summed E-state index contributed by atoms with van der Waals surface area (Å²) in [5.41, 5.74) is 0.369. The molecule has 2 amide bonds. The van der Waals surface area contributed by atoms with Crippen molar-refractivity contribution in [2.45, 2.75) is 33.7 Å². The van der Waals surface area contributed by atoms with Gasteiger partial charge >= 0.3 is 17.9 Å². The minimum Gasteiger partial charge on any atom is -0.464 e. The molecule has 0 aliphatic heterocycles. The number of hydrogen-bond donors (Lipinski definition) is 2. The standard InChI is InChI=1S/C20H21ClI2N2O9/c1-8-14(19(21)30)16(22)18(25-13(29)7-34-11(4)28)17(23)15(8)20(31)24-12(5-32-9(2)26)6-33-10(3)27/h12H,5-7H2,1-4H3,(H,24,31)(H,25,29). The number of rotatable bonds is 10. The molecule has 34 heavy (non-hydrogen) atoms. The Hall–Kier alpha value is -2.01. The first-order valence-corrected chi connectivity index (χ1v) is 12.0. The summed E-state index contributed by atoms with van der Waals surface area (Å²) in [6.45, 7) is 3.88. The zero-order valence-corrected chi connectivity index (χ0v) is 23.6. The molecular weight excluding hydrogens is 701 g/mol. The van der Waals surface area contributed by atoms with Crippen LogP contribution in [0, 0.1) is 14.1 Å². The molecule has 0 fully saturated rings. The molecule has 0 saturated heterocycles. The van der Waals surface area contributed by atoms with Gasteiger partial charge in [-0.15, -0.1) is 0 Å². The molecule has 1 aromatic rings. The summed E-state index contributed by atoms with van der Waals surface area (Å²) in [6.07, 6.45) is 0. The van der Waals surface area contributed by atoms with E-state index in [-0.39, 0.29) is 42.7 Å². The van der Waals surface area contributed by atoms with Crippen molar-refractivity contribution in [3.05, 3.63) is 23.8 Å². The van der Waals surface area contributed by atoms with Crippen LogP contribution < -0.4 is 10.6 Å². The lowest BCUT2D eigenvalue weighted by atomic mass is 10.0. The van der Waals surface area contributed by atoms with E-state index in [0.29, 0.717) is 0 Å². The maximum Gasteiger partial charge on any atom is 0.303 e. The van der Waals surface area contributed by atoms with E-state index in [1.807, 2.05) is 45.2 Å². The lowest BCUT2D eigenvalue weighted by Crippen LogP contribution is -2.43. The summed E-state index contributed by atoms with van der Waals surface area (Å²) in [4.78, 5) is 70.9. The highest BCUT2D eigenvalue weighted by Crippen LogP contribution is 2.35. The Morgan fingerprint density at radius 2 is 1.32 bits per heavy atom. The van der Waals surface area contributed by atoms with Crippen molar-refractivity contribution in [2.75, 3.05) is 25.1 Å². The summed E-state index contributed by atoms with van der Waals surface area (Å²) in [5.74, 6) is -3.26. The van der Waals surface area contributed by atoms with Crippen molar-refractivity contribution in [3.63, 3.8) is 0 Å². The van der Waals surface area contributed by atoms with Crippen LogP contribution in [0.4, 0.5) is 5.69 Å². The van der Waals surface area contributed by atoms with E-state index in [1.54, 1.807) is 0 Å². The molecule has 1 rings (SSSR count). The summed E-state index contributed by atoms with van der Waals surface area (Å²) < 4.78 is 15.1. The second-order valence-electron chi connectivity index (χ2n) is 6.76. The lowest BCUT2D eigenvalue weighted by molar-refractivity contribution is -0.145. The van der Waals surface area contributed by atoms with Crippen LogP contribution in [-0.2, 0) is 33.4 Å². The Balaban J connectivity index is 3.41. The predicted molar refractivity (Wildman–Crippen MR) is 137 cm³/mol. The van der Waals surface area contributed by atoms with Gasteiger partial charge in [0.2, 0.25) is 0 Å². The number of amides is 2. The Morgan fingerprint density at radius 3 is 1.76 bits per heavy atom. The first kappa shape index (κ1) is 30.0. The van der Waals surface area contributed by atoms with Crippen molar-refractivity contribution in [1.82, 2.24) is 5.32 Å². The quantitative estimate of drug-likeness (QED) is 0.160. The number of ether oxygens (including phenoxy) is 3. The zero-order valence-electron chi connectivity index (χ0n) is 18.5. The van der Waals surface area contributed by atoms with Crippen molar-refractivity contribution in [2.24, 2.45) is 0 Å². The van der Waals surface area contributed by atoms with Gasteiger partial charge in [0.25, 0.3) is 17.1 Å². The van der Waals surface area contributed by atoms with Crippen LogP contribution in [0.25, 0.3) is 0 Å². The lowest BCUT2D eigenvalue weighted by Gasteiger charge is -2.22. The minimum atomic E-state index is -0.896. The van der Waals surface area contributed by atoms with E-state index in [9.17, 15) is 28.8 Å². The smallest absolute Gasteiger partial charge is 0.303 e. The fourth-order valence-corrected chi connectivity index (χ4v) is 5.60. The largest absolute Gasteiger partial charge is 0.464 e. The molecule has 0 heterocycles. The van der Waals surface area contributed by atoms with Crippen LogP contribution in [0.2, 0.25) is 0 Å². The highest BCUT2D eigenvalue weighted by molar-refractivity contribution is 14.1. The maximum atomic E-state index is 13.2. The number of hydrogen-bond acceptors (Lipinski definition) is 9. The van der Waals surface area contributed by atoms with Crippen molar-refractivity contribution in [1.29, 1.82) is 0 Å². The van der Waals surface area contributed by atoms with Gasteiger partial charge in [0.15, 0.2) is 6.61 Å². The third kappa shape index (κ3) is 8.98. The molecule has 2 N–H and O–H groups in total. The van der Waals surface area contributed by atoms with Gasteiger partial charge < -0.3 is 24.8 Å². The van der Waals surface area contributed by atoms with E-state index >= 15 is 0 Å². The fraction of sp³-hybridized carbons (Fsp3) is 0.400. The maximum absolute atomic E-state index is 13.2. The molecule has 1 aromatic carbocycles. The fourth-order valence-electron chi connectivity index (χ4n) is 2.58. The number of halogens is 3. The first-order valence-electron chi connectivity index (χ1n) is 9.48. The molecule has 0 radical (unpaired) electrons. The van der Waals surface area contributed by atoms with Gasteiger partial charge in [-0.2, -0.15) is 0 Å². The predicted octanol–water partition coefficient (Wildman–Crippen LogP) is 2.31. The normalized spacial score (nSPS) is 10.4. The van der Waals surface area contributed by atoms with Gasteiger partial charge in [0, 0.05) is 20.8 Å². The van der Waals surface area contributed by atoms with Crippen LogP contribution in [-0.4, -0.2) is 60.8 Å². The van der Waals surface area contributed by atoms with Gasteiger partial charge in [0.1, 0.15) is 13.2 Å². The molecule has 186 valence electrons. The molecule has 14 heteroatoms. The summed E-state index contributed by atoms with van der Waals surface area (Å²) >= 11 is 9.38. The van der Waals surface area contributed by atoms with Crippen LogP contribution in [0.3, 0.4) is 0 Å². The molecule has 0 spiro atoms. The van der Waals surface area contributed by atoms with Gasteiger partial charge in [-0.1, -0.05) is 0 Å². The molecule has 0 aromatic heterocycles. The summed E-state index contributed by atoms with van der Waals surface area (Å²) in [5, 5.41) is 4.26. The van der Waals surface area contributed by atoms with E-state index in [1.165, 1.54) is 20.8 Å². The molecule has 0 bridgehead atoms. The van der Waals surface area contributed by atoms with Crippen LogP contribution in [0.15, 0.2) is 0 Å². The molecule has 0 saturated carbocycles. The second-order valence-corrected chi connectivity index (χ2v) is 9.26. The number of carbonyl (C=O) groups is 6. The third-order valence-corrected chi connectivity index (χ3v) is 6.38.